The number of thiophene rings is 1. The van der Waals surface area contributed by atoms with Crippen molar-refractivity contribution in [2.45, 2.75) is 31.1 Å². The summed E-state index contributed by atoms with van der Waals surface area (Å²) in [6.45, 7) is 3.72. The highest BCUT2D eigenvalue weighted by Gasteiger charge is 2.17. The van der Waals surface area contributed by atoms with Crippen LogP contribution in [0.4, 0.5) is 0 Å². The summed E-state index contributed by atoms with van der Waals surface area (Å²) in [5.41, 5.74) is 0.966. The van der Waals surface area contributed by atoms with Crippen molar-refractivity contribution in [1.29, 1.82) is 0 Å². The molecule has 0 bridgehead atoms. The predicted molar refractivity (Wildman–Crippen MR) is 111 cm³/mol. The first-order valence-corrected chi connectivity index (χ1v) is 11.2. The number of hydrogen-bond donors (Lipinski definition) is 1. The van der Waals surface area contributed by atoms with Crippen LogP contribution in [-0.2, 0) is 17.8 Å². The smallest absolute Gasteiger partial charge is 0.230 e. The standard InChI is InChI=1S/C19H21N5O3S2/c1-13(14-4-5-16-17(11-14)27-9-8-26-16)20-18(25)12-29-19-21-22-23-24(19)7-6-15-3-2-10-28-15/h2-5,10-11,13H,6-9,12H2,1H3,(H,20,25)/t13-/m1/s1. The fraction of sp³-hybridized carbons (Fsp3) is 0.368. The van der Waals surface area contributed by atoms with Gasteiger partial charge in [0.1, 0.15) is 13.2 Å². The van der Waals surface area contributed by atoms with Crippen LogP contribution in [0, 0.1) is 0 Å². The minimum atomic E-state index is -0.145. The van der Waals surface area contributed by atoms with Gasteiger partial charge in [-0.05, 0) is 46.5 Å². The SMILES string of the molecule is C[C@@H](NC(=O)CSc1nnnn1CCc1cccs1)c1ccc2c(c1)OCCO2. The van der Waals surface area contributed by atoms with Crippen molar-refractivity contribution in [3.8, 4) is 11.5 Å². The van der Waals surface area contributed by atoms with E-state index in [2.05, 4.69) is 32.3 Å². The number of tetrazole rings is 1. The maximum absolute atomic E-state index is 12.4. The molecule has 1 aliphatic rings. The molecule has 3 heterocycles. The van der Waals surface area contributed by atoms with Gasteiger partial charge in [-0.15, -0.1) is 16.4 Å². The second-order valence-electron chi connectivity index (χ2n) is 6.49. The number of aryl methyl sites for hydroxylation is 2. The third kappa shape index (κ3) is 5.07. The summed E-state index contributed by atoms with van der Waals surface area (Å²) >= 11 is 3.05. The molecule has 0 aliphatic carbocycles. The summed E-state index contributed by atoms with van der Waals surface area (Å²) in [5, 5.41) is 17.5. The van der Waals surface area contributed by atoms with E-state index >= 15 is 0 Å². The maximum atomic E-state index is 12.4. The molecule has 2 aromatic heterocycles. The molecule has 152 valence electrons. The van der Waals surface area contributed by atoms with Crippen molar-refractivity contribution >= 4 is 29.0 Å². The van der Waals surface area contributed by atoms with Crippen molar-refractivity contribution in [1.82, 2.24) is 25.5 Å². The van der Waals surface area contributed by atoms with E-state index in [4.69, 9.17) is 9.47 Å². The van der Waals surface area contributed by atoms with Gasteiger partial charge in [0.25, 0.3) is 0 Å². The highest BCUT2D eigenvalue weighted by atomic mass is 32.2. The van der Waals surface area contributed by atoms with Crippen LogP contribution in [-0.4, -0.2) is 45.1 Å². The molecule has 0 fully saturated rings. The third-order valence-electron chi connectivity index (χ3n) is 4.43. The third-order valence-corrected chi connectivity index (χ3v) is 6.32. The van der Waals surface area contributed by atoms with Crippen LogP contribution in [0.1, 0.15) is 23.4 Å². The zero-order valence-electron chi connectivity index (χ0n) is 15.9. The summed E-state index contributed by atoms with van der Waals surface area (Å²) in [5.74, 6) is 1.62. The normalized spacial score (nSPS) is 13.8. The van der Waals surface area contributed by atoms with Crippen LogP contribution in [0.2, 0.25) is 0 Å². The number of carbonyl (C=O) groups is 1. The van der Waals surface area contributed by atoms with E-state index in [-0.39, 0.29) is 17.7 Å². The minimum Gasteiger partial charge on any atom is -0.486 e. The first kappa shape index (κ1) is 19.7. The van der Waals surface area contributed by atoms with Gasteiger partial charge in [0.2, 0.25) is 11.1 Å². The van der Waals surface area contributed by atoms with Crippen LogP contribution in [0.25, 0.3) is 0 Å². The number of amides is 1. The zero-order chi connectivity index (χ0) is 20.1. The van der Waals surface area contributed by atoms with E-state index in [0.29, 0.717) is 30.7 Å². The summed E-state index contributed by atoms with van der Waals surface area (Å²) in [4.78, 5) is 13.7. The number of hydrogen-bond acceptors (Lipinski definition) is 8. The Morgan fingerprint density at radius 1 is 1.31 bits per heavy atom. The molecule has 10 heteroatoms. The lowest BCUT2D eigenvalue weighted by atomic mass is 10.1. The van der Waals surface area contributed by atoms with E-state index in [9.17, 15) is 4.79 Å². The number of thioether (sulfide) groups is 1. The fourth-order valence-electron chi connectivity index (χ4n) is 2.94. The molecule has 1 N–H and O–H groups in total. The Labute approximate surface area is 176 Å². The van der Waals surface area contributed by atoms with Gasteiger partial charge in [0, 0.05) is 11.3 Å². The Morgan fingerprint density at radius 3 is 3.00 bits per heavy atom. The molecule has 8 nitrogen and oxygen atoms in total. The van der Waals surface area contributed by atoms with Crippen molar-refractivity contribution in [2.75, 3.05) is 19.0 Å². The van der Waals surface area contributed by atoms with Gasteiger partial charge in [0.05, 0.1) is 18.3 Å². The molecule has 1 atom stereocenters. The lowest BCUT2D eigenvalue weighted by Gasteiger charge is -2.21. The van der Waals surface area contributed by atoms with E-state index in [1.807, 2.05) is 31.2 Å². The van der Waals surface area contributed by atoms with Gasteiger partial charge < -0.3 is 14.8 Å². The number of nitrogens with one attached hydrogen (secondary N) is 1. The van der Waals surface area contributed by atoms with Crippen LogP contribution in [0.5, 0.6) is 11.5 Å². The number of benzene rings is 1. The number of fused-ring (bicyclic) bond motifs is 1. The number of rotatable bonds is 8. The summed E-state index contributed by atoms with van der Waals surface area (Å²) in [6, 6.07) is 9.71. The summed E-state index contributed by atoms with van der Waals surface area (Å²) < 4.78 is 12.9. The molecule has 0 spiro atoms. The molecule has 0 saturated heterocycles. The molecule has 1 amide bonds. The van der Waals surface area contributed by atoms with E-state index in [0.717, 1.165) is 17.7 Å². The Hall–Kier alpha value is -2.59. The Kier molecular flexibility index (Phi) is 6.30. The molecule has 0 saturated carbocycles. The summed E-state index contributed by atoms with van der Waals surface area (Å²) in [6.07, 6.45) is 0.865. The van der Waals surface area contributed by atoms with Gasteiger partial charge >= 0.3 is 0 Å². The first-order chi connectivity index (χ1) is 14.2. The van der Waals surface area contributed by atoms with Crippen molar-refractivity contribution in [3.05, 3.63) is 46.2 Å². The summed E-state index contributed by atoms with van der Waals surface area (Å²) in [7, 11) is 0. The molecule has 1 aromatic carbocycles. The number of carbonyl (C=O) groups excluding carboxylic acids is 1. The average Bonchev–Trinajstić information content (AvgIpc) is 3.42. The van der Waals surface area contributed by atoms with Crippen LogP contribution >= 0.6 is 23.1 Å². The van der Waals surface area contributed by atoms with Crippen molar-refractivity contribution in [2.24, 2.45) is 0 Å². The van der Waals surface area contributed by atoms with Crippen molar-refractivity contribution < 1.29 is 14.3 Å². The number of nitrogens with zero attached hydrogens (tertiary/aromatic N) is 4. The van der Waals surface area contributed by atoms with Gasteiger partial charge in [-0.1, -0.05) is 23.9 Å². The fourth-order valence-corrected chi connectivity index (χ4v) is 4.35. The molecule has 4 rings (SSSR count). The Morgan fingerprint density at radius 2 is 2.17 bits per heavy atom. The van der Waals surface area contributed by atoms with Crippen molar-refractivity contribution in [3.63, 3.8) is 0 Å². The second-order valence-corrected chi connectivity index (χ2v) is 8.47. The zero-order valence-corrected chi connectivity index (χ0v) is 17.5. The van der Waals surface area contributed by atoms with E-state index in [1.54, 1.807) is 16.0 Å². The maximum Gasteiger partial charge on any atom is 0.230 e. The highest BCUT2D eigenvalue weighted by molar-refractivity contribution is 7.99. The molecular formula is C19H21N5O3S2. The van der Waals surface area contributed by atoms with Gasteiger partial charge in [-0.3, -0.25) is 4.79 Å². The quantitative estimate of drug-likeness (QED) is 0.548. The largest absolute Gasteiger partial charge is 0.486 e. The molecule has 3 aromatic rings. The van der Waals surface area contributed by atoms with E-state index in [1.165, 1.54) is 16.6 Å². The lowest BCUT2D eigenvalue weighted by molar-refractivity contribution is -0.119. The predicted octanol–water partition coefficient (Wildman–Crippen LogP) is 2.72. The monoisotopic (exact) mass is 431 g/mol. The molecule has 29 heavy (non-hydrogen) atoms. The first-order valence-electron chi connectivity index (χ1n) is 9.29. The molecule has 0 radical (unpaired) electrons. The van der Waals surface area contributed by atoms with Crippen LogP contribution in [0.15, 0.2) is 40.9 Å². The van der Waals surface area contributed by atoms with E-state index < -0.39 is 0 Å². The Balaban J connectivity index is 1.28. The van der Waals surface area contributed by atoms with Gasteiger partial charge in [-0.25, -0.2) is 4.68 Å². The van der Waals surface area contributed by atoms with Gasteiger partial charge in [0.15, 0.2) is 11.5 Å². The molecular weight excluding hydrogens is 410 g/mol. The number of ether oxygens (including phenoxy) is 2. The molecule has 0 unspecified atom stereocenters. The average molecular weight is 432 g/mol. The Bertz CT molecular complexity index is 961. The van der Waals surface area contributed by atoms with Crippen LogP contribution in [0.3, 0.4) is 0 Å². The number of aromatic nitrogens is 4. The minimum absolute atomic E-state index is 0.0785. The van der Waals surface area contributed by atoms with Crippen LogP contribution < -0.4 is 14.8 Å². The van der Waals surface area contributed by atoms with Gasteiger partial charge in [-0.2, -0.15) is 0 Å². The highest BCUT2D eigenvalue weighted by Crippen LogP contribution is 2.32. The lowest BCUT2D eigenvalue weighted by Crippen LogP contribution is -2.28. The molecule has 1 aliphatic heterocycles. The topological polar surface area (TPSA) is 91.2 Å². The second kappa shape index (κ2) is 9.27.